The molecule has 0 saturated carbocycles. The Morgan fingerprint density at radius 1 is 0.900 bits per heavy atom. The number of aryl methyl sites for hydroxylation is 1. The van der Waals surface area contributed by atoms with Gasteiger partial charge in [-0.25, -0.2) is 0 Å². The normalized spacial score (nSPS) is 12.8. The SMILES string of the molecule is CCCCCc1cc(C(C)(C)C)cc(C(C)(C)C)c1O. The topological polar surface area (TPSA) is 20.2 Å². The van der Waals surface area contributed by atoms with Crippen LogP contribution in [0.3, 0.4) is 0 Å². The van der Waals surface area contributed by atoms with Crippen molar-refractivity contribution in [3.05, 3.63) is 28.8 Å². The lowest BCUT2D eigenvalue weighted by molar-refractivity contribution is 0.436. The number of rotatable bonds is 4. The number of benzene rings is 1. The van der Waals surface area contributed by atoms with Gasteiger partial charge < -0.3 is 5.11 Å². The van der Waals surface area contributed by atoms with Crippen molar-refractivity contribution in [1.82, 2.24) is 0 Å². The summed E-state index contributed by atoms with van der Waals surface area (Å²) in [7, 11) is 0. The molecular weight excluding hydrogens is 244 g/mol. The fourth-order valence-electron chi connectivity index (χ4n) is 2.46. The average Bonchev–Trinajstić information content (AvgIpc) is 2.28. The number of hydrogen-bond acceptors (Lipinski definition) is 1. The molecule has 0 bridgehead atoms. The third-order valence-corrected chi connectivity index (χ3v) is 3.91. The molecule has 1 heteroatoms. The molecule has 0 fully saturated rings. The second-order valence-electron chi connectivity index (χ2n) is 7.99. The largest absolute Gasteiger partial charge is 0.507 e. The van der Waals surface area contributed by atoms with Crippen molar-refractivity contribution in [3.63, 3.8) is 0 Å². The Kier molecular flexibility index (Phi) is 5.29. The van der Waals surface area contributed by atoms with E-state index in [0.29, 0.717) is 5.75 Å². The fourth-order valence-corrected chi connectivity index (χ4v) is 2.46. The number of phenols is 1. The smallest absolute Gasteiger partial charge is 0.122 e. The highest BCUT2D eigenvalue weighted by Crippen LogP contribution is 2.38. The molecule has 1 rings (SSSR count). The second-order valence-corrected chi connectivity index (χ2v) is 7.99. The van der Waals surface area contributed by atoms with Crippen molar-refractivity contribution < 1.29 is 5.11 Å². The van der Waals surface area contributed by atoms with Crippen molar-refractivity contribution in [2.45, 2.75) is 85.0 Å². The lowest BCUT2D eigenvalue weighted by Crippen LogP contribution is -2.17. The van der Waals surface area contributed by atoms with Crippen LogP contribution in [0.5, 0.6) is 5.75 Å². The van der Waals surface area contributed by atoms with Crippen LogP contribution in [-0.2, 0) is 17.3 Å². The second kappa shape index (κ2) is 6.20. The van der Waals surface area contributed by atoms with Gasteiger partial charge in [-0.15, -0.1) is 0 Å². The Morgan fingerprint density at radius 3 is 1.95 bits per heavy atom. The molecule has 1 N–H and O–H groups in total. The minimum atomic E-state index is -0.0230. The summed E-state index contributed by atoms with van der Waals surface area (Å²) in [5, 5.41) is 10.6. The first-order chi connectivity index (χ1) is 9.07. The first-order valence-corrected chi connectivity index (χ1v) is 7.94. The molecule has 0 heterocycles. The molecule has 20 heavy (non-hydrogen) atoms. The van der Waals surface area contributed by atoms with Crippen LogP contribution in [0.1, 0.15) is 84.4 Å². The first-order valence-electron chi connectivity index (χ1n) is 7.94. The molecule has 0 unspecified atom stereocenters. The molecule has 0 aliphatic heterocycles. The van der Waals surface area contributed by atoms with Gasteiger partial charge in [0.15, 0.2) is 0 Å². The molecule has 0 spiro atoms. The summed E-state index contributed by atoms with van der Waals surface area (Å²) >= 11 is 0. The summed E-state index contributed by atoms with van der Waals surface area (Å²) in [6, 6.07) is 4.40. The third kappa shape index (κ3) is 4.26. The van der Waals surface area contributed by atoms with Gasteiger partial charge in [-0.2, -0.15) is 0 Å². The predicted molar refractivity (Wildman–Crippen MR) is 88.7 cm³/mol. The predicted octanol–water partition coefficient (Wildman–Crippen LogP) is 5.72. The van der Waals surface area contributed by atoms with Crippen LogP contribution in [0.4, 0.5) is 0 Å². The van der Waals surface area contributed by atoms with Crippen molar-refractivity contribution in [3.8, 4) is 5.75 Å². The molecule has 0 atom stereocenters. The Balaban J connectivity index is 3.28. The summed E-state index contributed by atoms with van der Waals surface area (Å²) in [6.07, 6.45) is 4.57. The van der Waals surface area contributed by atoms with Crippen LogP contribution in [0.25, 0.3) is 0 Å². The average molecular weight is 276 g/mol. The van der Waals surface area contributed by atoms with Crippen LogP contribution in [0.2, 0.25) is 0 Å². The van der Waals surface area contributed by atoms with E-state index in [4.69, 9.17) is 0 Å². The highest BCUT2D eigenvalue weighted by atomic mass is 16.3. The molecule has 0 aromatic heterocycles. The third-order valence-electron chi connectivity index (χ3n) is 3.91. The zero-order chi connectivity index (χ0) is 15.6. The highest BCUT2D eigenvalue weighted by molar-refractivity contribution is 5.48. The molecule has 1 nitrogen and oxygen atoms in total. The molecular formula is C19H32O. The Labute approximate surface area is 125 Å². The van der Waals surface area contributed by atoms with Crippen molar-refractivity contribution in [2.75, 3.05) is 0 Å². The lowest BCUT2D eigenvalue weighted by atomic mass is 9.78. The highest BCUT2D eigenvalue weighted by Gasteiger charge is 2.24. The summed E-state index contributed by atoms with van der Waals surface area (Å²) < 4.78 is 0. The number of phenolic OH excluding ortho intramolecular Hbond substituents is 1. The van der Waals surface area contributed by atoms with Gasteiger partial charge in [0.2, 0.25) is 0 Å². The summed E-state index contributed by atoms with van der Waals surface area (Å²) in [4.78, 5) is 0. The van der Waals surface area contributed by atoms with Crippen LogP contribution >= 0.6 is 0 Å². The molecule has 0 aliphatic rings. The van der Waals surface area contributed by atoms with Gasteiger partial charge in [0.05, 0.1) is 0 Å². The summed E-state index contributed by atoms with van der Waals surface area (Å²) in [5.74, 6) is 0.515. The molecule has 0 radical (unpaired) electrons. The van der Waals surface area contributed by atoms with Crippen molar-refractivity contribution >= 4 is 0 Å². The lowest BCUT2D eigenvalue weighted by Gasteiger charge is -2.27. The summed E-state index contributed by atoms with van der Waals surface area (Å²) in [6.45, 7) is 15.4. The van der Waals surface area contributed by atoms with Gasteiger partial charge in [0, 0.05) is 0 Å². The maximum atomic E-state index is 10.6. The van der Waals surface area contributed by atoms with E-state index in [-0.39, 0.29) is 10.8 Å². The number of hydrogen-bond donors (Lipinski definition) is 1. The Hall–Kier alpha value is -0.980. The van der Waals surface area contributed by atoms with Gasteiger partial charge in [-0.05, 0) is 40.4 Å². The fraction of sp³-hybridized carbons (Fsp3) is 0.684. The minimum Gasteiger partial charge on any atom is -0.507 e. The molecule has 0 aliphatic carbocycles. The zero-order valence-corrected chi connectivity index (χ0v) is 14.4. The quantitative estimate of drug-likeness (QED) is 0.697. The monoisotopic (exact) mass is 276 g/mol. The van der Waals surface area contributed by atoms with E-state index in [1.165, 1.54) is 18.4 Å². The van der Waals surface area contributed by atoms with Gasteiger partial charge >= 0.3 is 0 Å². The van der Waals surface area contributed by atoms with E-state index >= 15 is 0 Å². The maximum absolute atomic E-state index is 10.6. The van der Waals surface area contributed by atoms with E-state index in [1.807, 2.05) is 0 Å². The zero-order valence-electron chi connectivity index (χ0n) is 14.4. The molecule has 0 saturated heterocycles. The first kappa shape index (κ1) is 17.1. The summed E-state index contributed by atoms with van der Waals surface area (Å²) in [5.41, 5.74) is 3.62. The standard InChI is InChI=1S/C19H32O/c1-8-9-10-11-14-12-15(18(2,3)4)13-16(17(14)20)19(5,6)7/h12-13,20H,8-11H2,1-7H3. The molecule has 0 amide bonds. The Bertz CT molecular complexity index is 444. The van der Waals surface area contributed by atoms with Crippen LogP contribution < -0.4 is 0 Å². The van der Waals surface area contributed by atoms with Gasteiger partial charge in [-0.3, -0.25) is 0 Å². The maximum Gasteiger partial charge on any atom is 0.122 e. The molecule has 114 valence electrons. The van der Waals surface area contributed by atoms with E-state index in [0.717, 1.165) is 24.0 Å². The minimum absolute atomic E-state index is 0.0230. The van der Waals surface area contributed by atoms with E-state index in [2.05, 4.69) is 60.6 Å². The van der Waals surface area contributed by atoms with E-state index in [9.17, 15) is 5.11 Å². The number of aromatic hydroxyl groups is 1. The van der Waals surface area contributed by atoms with Crippen LogP contribution in [-0.4, -0.2) is 5.11 Å². The van der Waals surface area contributed by atoms with Crippen molar-refractivity contribution in [1.29, 1.82) is 0 Å². The van der Waals surface area contributed by atoms with E-state index < -0.39 is 0 Å². The number of unbranched alkanes of at least 4 members (excludes halogenated alkanes) is 2. The van der Waals surface area contributed by atoms with Gasteiger partial charge in [-0.1, -0.05) is 73.4 Å². The molecule has 1 aromatic carbocycles. The van der Waals surface area contributed by atoms with E-state index in [1.54, 1.807) is 0 Å². The Morgan fingerprint density at radius 2 is 1.50 bits per heavy atom. The van der Waals surface area contributed by atoms with Crippen LogP contribution in [0, 0.1) is 0 Å². The van der Waals surface area contributed by atoms with Gasteiger partial charge in [0.25, 0.3) is 0 Å². The van der Waals surface area contributed by atoms with Crippen LogP contribution in [0.15, 0.2) is 12.1 Å². The molecule has 1 aromatic rings. The van der Waals surface area contributed by atoms with Crippen molar-refractivity contribution in [2.24, 2.45) is 0 Å². The van der Waals surface area contributed by atoms with Gasteiger partial charge in [0.1, 0.15) is 5.75 Å².